The standard InChI is InChI=1S/13FH.K.H/h13*1H;;. The summed E-state index contributed by atoms with van der Waals surface area (Å²) in [6, 6.07) is 0. The molecule has 0 saturated carbocycles. The van der Waals surface area contributed by atoms with Crippen LogP contribution < -0.4 is 0 Å². The number of hydrogen-bond acceptors (Lipinski definition) is 0. The summed E-state index contributed by atoms with van der Waals surface area (Å²) in [6.07, 6.45) is 0. The Labute approximate surface area is 112 Å². The van der Waals surface area contributed by atoms with Crippen molar-refractivity contribution < 1.29 is 61.2 Å². The van der Waals surface area contributed by atoms with Crippen molar-refractivity contribution in [2.75, 3.05) is 0 Å². The van der Waals surface area contributed by atoms with Gasteiger partial charge in [-0.15, -0.1) is 0 Å². The SMILES string of the molecule is F.F.F.F.F.F.F.F.F.F.F.F.F.[KH]. The first-order chi connectivity index (χ1) is 0. The van der Waals surface area contributed by atoms with Crippen LogP contribution in [0.4, 0.5) is 61.2 Å². The zero-order valence-corrected chi connectivity index (χ0v) is 5.31. The Kier molecular flexibility index (Phi) is 1580000. The molecule has 0 aromatic rings. The zero-order chi connectivity index (χ0) is 0. The van der Waals surface area contributed by atoms with E-state index < -0.39 is 0 Å². The van der Waals surface area contributed by atoms with Crippen molar-refractivity contribution in [3.8, 4) is 0 Å². The molecule has 0 aromatic carbocycles. The van der Waals surface area contributed by atoms with E-state index in [4.69, 9.17) is 0 Å². The van der Waals surface area contributed by atoms with Gasteiger partial charge in [-0.3, -0.25) is 61.2 Å². The van der Waals surface area contributed by atoms with Crippen LogP contribution in [-0.4, -0.2) is 51.4 Å². The quantitative estimate of drug-likeness (QED) is 0.468. The molecule has 0 unspecified atom stereocenters. The summed E-state index contributed by atoms with van der Waals surface area (Å²) in [5.41, 5.74) is 0. The zero-order valence-electron chi connectivity index (χ0n) is 5.31. The predicted octanol–water partition coefficient (Wildman–Crippen LogP) is 1.33. The Morgan fingerprint density at radius 2 is 0.143 bits per heavy atom. The molecule has 0 aliphatic heterocycles. The summed E-state index contributed by atoms with van der Waals surface area (Å²) in [6.45, 7) is 0. The monoisotopic (exact) mass is 300 g/mol. The molecule has 0 aliphatic rings. The molecule has 0 radical (unpaired) electrons. The molecular weight excluding hydrogens is 286 g/mol. The van der Waals surface area contributed by atoms with Crippen LogP contribution in [0.2, 0.25) is 0 Å². The Hall–Kier alpha value is 0.726. The van der Waals surface area contributed by atoms with Crippen LogP contribution in [0.5, 0.6) is 0 Å². The number of halogens is 13. The maximum atomic E-state index is 0. The van der Waals surface area contributed by atoms with Gasteiger partial charge in [0.15, 0.2) is 0 Å². The Morgan fingerprint density at radius 1 is 0.143 bits per heavy atom. The molecule has 0 heterocycles. The van der Waals surface area contributed by atoms with Crippen LogP contribution in [0.3, 0.4) is 0 Å². The molecular formula is H14F13K. The van der Waals surface area contributed by atoms with Gasteiger partial charge in [-0.25, -0.2) is 0 Å². The van der Waals surface area contributed by atoms with E-state index in [1.54, 1.807) is 0 Å². The maximum absolute atomic E-state index is 0. The first kappa shape index (κ1) is 5260. The van der Waals surface area contributed by atoms with Gasteiger partial charge in [-0.05, 0) is 0 Å². The van der Waals surface area contributed by atoms with E-state index in [1.165, 1.54) is 0 Å². The summed E-state index contributed by atoms with van der Waals surface area (Å²) >= 11 is 0. The van der Waals surface area contributed by atoms with Crippen LogP contribution in [0, 0.1) is 0 Å². The van der Waals surface area contributed by atoms with Crippen molar-refractivity contribution in [3.05, 3.63) is 0 Å². The molecule has 14 heteroatoms. The molecule has 0 saturated heterocycles. The average Bonchev–Trinajstić information content (AvgIpc) is 0. The molecule has 0 nitrogen and oxygen atoms in total. The van der Waals surface area contributed by atoms with Crippen LogP contribution in [0.15, 0.2) is 0 Å². The van der Waals surface area contributed by atoms with Gasteiger partial charge in [-0.1, -0.05) is 0 Å². The second-order valence-electron chi connectivity index (χ2n) is 0. The van der Waals surface area contributed by atoms with Gasteiger partial charge in [0.1, 0.15) is 0 Å². The van der Waals surface area contributed by atoms with E-state index in [-0.39, 0.29) is 113 Å². The van der Waals surface area contributed by atoms with Gasteiger partial charge in [0.05, 0.1) is 0 Å². The van der Waals surface area contributed by atoms with Crippen LogP contribution in [-0.2, 0) is 0 Å². The Balaban J connectivity index is 0. The van der Waals surface area contributed by atoms with Crippen molar-refractivity contribution in [1.82, 2.24) is 0 Å². The fourth-order valence-electron chi connectivity index (χ4n) is 0. The van der Waals surface area contributed by atoms with Gasteiger partial charge in [0.2, 0.25) is 0 Å². The molecule has 0 fully saturated rings. The van der Waals surface area contributed by atoms with Gasteiger partial charge in [0, 0.05) is 0 Å². The normalized spacial score (nSPS) is 0. The topological polar surface area (TPSA) is 0 Å². The summed E-state index contributed by atoms with van der Waals surface area (Å²) in [5, 5.41) is 0. The molecule has 0 aromatic heterocycles. The molecule has 0 rings (SSSR count). The molecule has 0 amide bonds. The van der Waals surface area contributed by atoms with Gasteiger partial charge in [0.25, 0.3) is 0 Å². The van der Waals surface area contributed by atoms with E-state index in [1.807, 2.05) is 0 Å². The Bertz CT molecular complexity index is 5.20. The molecule has 0 atom stereocenters. The molecule has 0 spiro atoms. The van der Waals surface area contributed by atoms with Gasteiger partial charge >= 0.3 is 51.4 Å². The molecule has 106 valence electrons. The third-order valence-electron chi connectivity index (χ3n) is 0. The summed E-state index contributed by atoms with van der Waals surface area (Å²) in [5.74, 6) is 0. The average molecular weight is 300 g/mol. The molecule has 14 heavy (non-hydrogen) atoms. The molecule has 0 N–H and O–H groups in total. The first-order valence-corrected chi connectivity index (χ1v) is 0. The minimum atomic E-state index is 0. The number of rotatable bonds is 0. The summed E-state index contributed by atoms with van der Waals surface area (Å²) in [7, 11) is 0. The van der Waals surface area contributed by atoms with E-state index in [9.17, 15) is 0 Å². The second-order valence-corrected chi connectivity index (χ2v) is 0. The molecule has 0 bridgehead atoms. The summed E-state index contributed by atoms with van der Waals surface area (Å²) < 4.78 is 0. The van der Waals surface area contributed by atoms with Crippen LogP contribution >= 0.6 is 0 Å². The third kappa shape index (κ3) is 3320. The third-order valence-corrected chi connectivity index (χ3v) is 0. The van der Waals surface area contributed by atoms with E-state index in [2.05, 4.69) is 0 Å². The Morgan fingerprint density at radius 3 is 0.143 bits per heavy atom. The summed E-state index contributed by atoms with van der Waals surface area (Å²) in [4.78, 5) is 0. The van der Waals surface area contributed by atoms with Crippen molar-refractivity contribution >= 4 is 51.4 Å². The fourth-order valence-corrected chi connectivity index (χ4v) is 0. The van der Waals surface area contributed by atoms with E-state index >= 15 is 0 Å². The van der Waals surface area contributed by atoms with E-state index in [0.717, 1.165) is 0 Å². The number of hydrogen-bond donors (Lipinski definition) is 0. The van der Waals surface area contributed by atoms with Gasteiger partial charge in [-0.2, -0.15) is 0 Å². The molecule has 0 aliphatic carbocycles. The minimum absolute atomic E-state index is 0. The van der Waals surface area contributed by atoms with Crippen LogP contribution in [0.1, 0.15) is 0 Å². The van der Waals surface area contributed by atoms with E-state index in [0.29, 0.717) is 0 Å². The van der Waals surface area contributed by atoms with Crippen molar-refractivity contribution in [3.63, 3.8) is 0 Å². The van der Waals surface area contributed by atoms with Gasteiger partial charge < -0.3 is 0 Å². The fraction of sp³-hybridized carbons (Fsp3) is 0. The van der Waals surface area contributed by atoms with Crippen molar-refractivity contribution in [2.24, 2.45) is 0 Å². The van der Waals surface area contributed by atoms with Crippen molar-refractivity contribution in [2.45, 2.75) is 0 Å². The van der Waals surface area contributed by atoms with Crippen molar-refractivity contribution in [1.29, 1.82) is 0 Å². The first-order valence-electron chi connectivity index (χ1n) is 0. The second kappa shape index (κ2) is 4210. The van der Waals surface area contributed by atoms with Crippen LogP contribution in [0.25, 0.3) is 0 Å². The predicted molar refractivity (Wildman–Crippen MR) is 39.7 cm³/mol.